The third kappa shape index (κ3) is 3.81. The number of ether oxygens (including phenoxy) is 1. The van der Waals surface area contributed by atoms with Crippen LogP contribution in [0, 0.1) is 0 Å². The SMILES string of the molecule is CN(/C=C\C(=O)NC=O)C1OC(CO)CC1O. The molecule has 1 rings (SSSR count). The van der Waals surface area contributed by atoms with Gasteiger partial charge in [-0.05, 0) is 0 Å². The number of rotatable bonds is 5. The topological polar surface area (TPSA) is 99.1 Å². The van der Waals surface area contributed by atoms with Crippen molar-refractivity contribution in [3.8, 4) is 0 Å². The number of likely N-dealkylation sites (N-methyl/N-ethyl adjacent to an activating group) is 1. The Bertz CT molecular complexity index is 307. The Kier molecular flexibility index (Phi) is 5.08. The van der Waals surface area contributed by atoms with Crippen molar-refractivity contribution in [1.82, 2.24) is 10.2 Å². The zero-order valence-electron chi connectivity index (χ0n) is 9.44. The number of hydrogen-bond acceptors (Lipinski definition) is 6. The van der Waals surface area contributed by atoms with Gasteiger partial charge < -0.3 is 19.8 Å². The van der Waals surface area contributed by atoms with Gasteiger partial charge in [-0.3, -0.25) is 14.9 Å². The normalized spacial score (nSPS) is 28.3. The molecule has 3 N–H and O–H groups in total. The van der Waals surface area contributed by atoms with Crippen LogP contribution in [0.4, 0.5) is 0 Å². The zero-order chi connectivity index (χ0) is 12.8. The van der Waals surface area contributed by atoms with Gasteiger partial charge >= 0.3 is 0 Å². The fourth-order valence-corrected chi connectivity index (χ4v) is 1.59. The van der Waals surface area contributed by atoms with E-state index in [0.29, 0.717) is 6.42 Å². The molecular weight excluding hydrogens is 228 g/mol. The molecule has 0 aromatic rings. The molecule has 17 heavy (non-hydrogen) atoms. The molecule has 0 bridgehead atoms. The first-order valence-electron chi connectivity index (χ1n) is 5.17. The average molecular weight is 244 g/mol. The smallest absolute Gasteiger partial charge is 0.251 e. The largest absolute Gasteiger partial charge is 0.394 e. The number of aliphatic hydroxyl groups is 2. The van der Waals surface area contributed by atoms with Crippen molar-refractivity contribution in [3.63, 3.8) is 0 Å². The van der Waals surface area contributed by atoms with E-state index in [1.54, 1.807) is 7.05 Å². The highest BCUT2D eigenvalue weighted by Crippen LogP contribution is 2.22. The van der Waals surface area contributed by atoms with E-state index in [2.05, 4.69) is 0 Å². The Balaban J connectivity index is 2.50. The number of amides is 2. The van der Waals surface area contributed by atoms with Crippen LogP contribution in [-0.4, -0.2) is 59.5 Å². The van der Waals surface area contributed by atoms with Crippen molar-refractivity contribution in [3.05, 3.63) is 12.3 Å². The highest BCUT2D eigenvalue weighted by atomic mass is 16.5. The van der Waals surface area contributed by atoms with Crippen molar-refractivity contribution in [2.75, 3.05) is 13.7 Å². The van der Waals surface area contributed by atoms with Gasteiger partial charge in [0.25, 0.3) is 5.91 Å². The van der Waals surface area contributed by atoms with Crippen LogP contribution in [0.5, 0.6) is 0 Å². The van der Waals surface area contributed by atoms with Gasteiger partial charge in [0.15, 0.2) is 6.23 Å². The Morgan fingerprint density at radius 1 is 1.65 bits per heavy atom. The van der Waals surface area contributed by atoms with E-state index in [9.17, 15) is 14.7 Å². The molecule has 1 aliphatic rings. The van der Waals surface area contributed by atoms with Gasteiger partial charge in [0, 0.05) is 25.7 Å². The second-order valence-corrected chi connectivity index (χ2v) is 3.74. The van der Waals surface area contributed by atoms with Gasteiger partial charge in [-0.25, -0.2) is 0 Å². The lowest BCUT2D eigenvalue weighted by atomic mass is 10.2. The number of nitrogens with one attached hydrogen (secondary N) is 1. The van der Waals surface area contributed by atoms with Crippen LogP contribution >= 0.6 is 0 Å². The number of nitrogens with zero attached hydrogens (tertiary/aromatic N) is 1. The first-order chi connectivity index (χ1) is 8.08. The van der Waals surface area contributed by atoms with E-state index in [4.69, 9.17) is 9.84 Å². The lowest BCUT2D eigenvalue weighted by Crippen LogP contribution is -2.35. The molecule has 0 saturated carbocycles. The Morgan fingerprint density at radius 3 is 2.88 bits per heavy atom. The van der Waals surface area contributed by atoms with Crippen LogP contribution in [0.25, 0.3) is 0 Å². The van der Waals surface area contributed by atoms with E-state index in [-0.39, 0.29) is 13.0 Å². The number of hydrogen-bond donors (Lipinski definition) is 3. The van der Waals surface area contributed by atoms with E-state index in [1.165, 1.54) is 11.1 Å². The Hall–Kier alpha value is -1.44. The van der Waals surface area contributed by atoms with Crippen molar-refractivity contribution >= 4 is 12.3 Å². The summed E-state index contributed by atoms with van der Waals surface area (Å²) in [6.07, 6.45) is 1.45. The predicted octanol–water partition coefficient (Wildman–Crippen LogP) is -1.83. The van der Waals surface area contributed by atoms with Crippen molar-refractivity contribution in [1.29, 1.82) is 0 Å². The molecule has 0 aromatic carbocycles. The molecule has 2 amide bonds. The van der Waals surface area contributed by atoms with E-state index < -0.39 is 24.3 Å². The number of aliphatic hydroxyl groups excluding tert-OH is 2. The quantitative estimate of drug-likeness (QED) is 0.389. The molecule has 7 heteroatoms. The lowest BCUT2D eigenvalue weighted by molar-refractivity contribution is -0.121. The minimum absolute atomic E-state index is 0.156. The van der Waals surface area contributed by atoms with Crippen LogP contribution < -0.4 is 5.32 Å². The maximum Gasteiger partial charge on any atom is 0.251 e. The standard InChI is InChI=1S/C10H16N2O5/c1-12(3-2-9(16)11-6-14)10-8(15)4-7(5-13)17-10/h2-3,6-8,10,13,15H,4-5H2,1H3,(H,11,14,16)/b3-2-. The van der Waals surface area contributed by atoms with Crippen LogP contribution in [0.2, 0.25) is 0 Å². The van der Waals surface area contributed by atoms with Crippen LogP contribution in [0.3, 0.4) is 0 Å². The van der Waals surface area contributed by atoms with Crippen LogP contribution in [-0.2, 0) is 14.3 Å². The average Bonchev–Trinajstić information content (AvgIpc) is 2.68. The summed E-state index contributed by atoms with van der Waals surface area (Å²) in [6.45, 7) is -0.156. The summed E-state index contributed by atoms with van der Waals surface area (Å²) in [5.41, 5.74) is 0. The highest BCUT2D eigenvalue weighted by molar-refractivity contribution is 5.94. The summed E-state index contributed by atoms with van der Waals surface area (Å²) >= 11 is 0. The van der Waals surface area contributed by atoms with Crippen molar-refractivity contribution < 1.29 is 24.5 Å². The summed E-state index contributed by atoms with van der Waals surface area (Å²) in [4.78, 5) is 22.4. The number of carbonyl (C=O) groups is 2. The molecular formula is C10H16N2O5. The third-order valence-electron chi connectivity index (χ3n) is 2.43. The summed E-state index contributed by atoms with van der Waals surface area (Å²) < 4.78 is 5.35. The molecule has 0 aromatic heterocycles. The van der Waals surface area contributed by atoms with E-state index >= 15 is 0 Å². The number of carbonyl (C=O) groups excluding carboxylic acids is 2. The Morgan fingerprint density at radius 2 is 2.35 bits per heavy atom. The molecule has 1 aliphatic heterocycles. The molecule has 3 atom stereocenters. The first-order valence-corrected chi connectivity index (χ1v) is 5.17. The minimum atomic E-state index is -0.726. The van der Waals surface area contributed by atoms with Gasteiger partial charge in [-0.15, -0.1) is 0 Å². The predicted molar refractivity (Wildman–Crippen MR) is 57.5 cm³/mol. The van der Waals surface area contributed by atoms with Gasteiger partial charge in [0.1, 0.15) is 6.10 Å². The van der Waals surface area contributed by atoms with Crippen molar-refractivity contribution in [2.45, 2.75) is 24.9 Å². The summed E-state index contributed by atoms with van der Waals surface area (Å²) in [5, 5.41) is 20.5. The molecule has 0 spiro atoms. The summed E-state index contributed by atoms with van der Waals surface area (Å²) in [7, 11) is 1.62. The summed E-state index contributed by atoms with van der Waals surface area (Å²) in [6, 6.07) is 0. The molecule has 96 valence electrons. The monoisotopic (exact) mass is 244 g/mol. The first kappa shape index (κ1) is 13.6. The molecule has 1 saturated heterocycles. The molecule has 0 radical (unpaired) electrons. The van der Waals surface area contributed by atoms with Gasteiger partial charge in [-0.2, -0.15) is 0 Å². The maximum atomic E-state index is 11.0. The Labute approximate surface area is 98.7 Å². The van der Waals surface area contributed by atoms with E-state index in [1.807, 2.05) is 5.32 Å². The van der Waals surface area contributed by atoms with Crippen LogP contribution in [0.15, 0.2) is 12.3 Å². The van der Waals surface area contributed by atoms with E-state index in [0.717, 1.165) is 6.08 Å². The van der Waals surface area contributed by atoms with Gasteiger partial charge in [0.05, 0.1) is 12.7 Å². The minimum Gasteiger partial charge on any atom is -0.394 e. The molecule has 1 heterocycles. The molecule has 7 nitrogen and oxygen atoms in total. The van der Waals surface area contributed by atoms with Crippen LogP contribution in [0.1, 0.15) is 6.42 Å². The second kappa shape index (κ2) is 6.33. The van der Waals surface area contributed by atoms with Crippen molar-refractivity contribution in [2.24, 2.45) is 0 Å². The molecule has 0 aliphatic carbocycles. The summed E-state index contributed by atoms with van der Waals surface area (Å²) in [5.74, 6) is -0.557. The fraction of sp³-hybridized carbons (Fsp3) is 0.600. The third-order valence-corrected chi connectivity index (χ3v) is 2.43. The molecule has 3 unspecified atom stereocenters. The lowest BCUT2D eigenvalue weighted by Gasteiger charge is -2.24. The maximum absolute atomic E-state index is 11.0. The molecule has 1 fully saturated rings. The van der Waals surface area contributed by atoms with Gasteiger partial charge in [0.2, 0.25) is 6.41 Å². The fourth-order valence-electron chi connectivity index (χ4n) is 1.59. The highest BCUT2D eigenvalue weighted by Gasteiger charge is 2.35. The van der Waals surface area contributed by atoms with Gasteiger partial charge in [-0.1, -0.05) is 0 Å². The second-order valence-electron chi connectivity index (χ2n) is 3.74. The number of imide groups is 1. The zero-order valence-corrected chi connectivity index (χ0v) is 9.44.